The van der Waals surface area contributed by atoms with Crippen molar-refractivity contribution in [3.05, 3.63) is 47.5 Å². The fourth-order valence-electron chi connectivity index (χ4n) is 1.27. The fourth-order valence-corrected chi connectivity index (χ4v) is 2.09. The van der Waals surface area contributed by atoms with Gasteiger partial charge in [0.05, 0.1) is 0 Å². The number of nitrogens with two attached hydrogens (primary N) is 1. The van der Waals surface area contributed by atoms with E-state index in [1.165, 1.54) is 6.07 Å². The second-order valence-corrected chi connectivity index (χ2v) is 4.49. The van der Waals surface area contributed by atoms with Crippen LogP contribution in [0.1, 0.15) is 0 Å². The molecule has 8 heteroatoms. The van der Waals surface area contributed by atoms with E-state index in [0.29, 0.717) is 6.07 Å². The van der Waals surface area contributed by atoms with Crippen molar-refractivity contribution in [2.75, 3.05) is 5.43 Å². The van der Waals surface area contributed by atoms with E-state index in [4.69, 9.17) is 5.84 Å². The Morgan fingerprint density at radius 2 is 1.68 bits per heavy atom. The summed E-state index contributed by atoms with van der Waals surface area (Å²) in [6.45, 7) is 0. The summed E-state index contributed by atoms with van der Waals surface area (Å²) in [5, 5.41) is -0.208. The van der Waals surface area contributed by atoms with Gasteiger partial charge in [0.25, 0.3) is 0 Å². The van der Waals surface area contributed by atoms with E-state index in [9.17, 15) is 17.6 Å². The fraction of sp³-hybridized carbons (Fsp3) is 0. The van der Waals surface area contributed by atoms with Crippen molar-refractivity contribution >= 4 is 17.6 Å². The lowest BCUT2D eigenvalue weighted by molar-refractivity contribution is 0.506. The molecule has 0 aliphatic heterocycles. The number of anilines is 1. The maximum atomic E-state index is 13.5. The summed E-state index contributed by atoms with van der Waals surface area (Å²) in [4.78, 5) is 3.82. The van der Waals surface area contributed by atoms with Crippen molar-refractivity contribution in [1.29, 1.82) is 0 Å². The normalized spacial score (nSPS) is 10.6. The van der Waals surface area contributed by atoms with Gasteiger partial charge < -0.3 is 5.43 Å². The molecule has 1 aromatic heterocycles. The van der Waals surface area contributed by atoms with Crippen LogP contribution in [-0.2, 0) is 0 Å². The number of rotatable bonds is 3. The number of hydrogen-bond acceptors (Lipinski definition) is 4. The minimum Gasteiger partial charge on any atom is -0.306 e. The molecule has 0 radical (unpaired) electrons. The number of hydrogen-bond donors (Lipinski definition) is 2. The number of benzene rings is 1. The summed E-state index contributed by atoms with van der Waals surface area (Å²) >= 11 is 0.720. The standard InChI is InChI=1S/C11H7F4N3S/c12-6-2-1-5(3-7(6)13)19-11-9(15)4-8(14)10(17-11)18-16/h1-4H,16H2,(H,17,18). The van der Waals surface area contributed by atoms with E-state index >= 15 is 0 Å². The Labute approximate surface area is 109 Å². The van der Waals surface area contributed by atoms with Gasteiger partial charge in [-0.3, -0.25) is 0 Å². The van der Waals surface area contributed by atoms with E-state index < -0.39 is 23.3 Å². The van der Waals surface area contributed by atoms with Gasteiger partial charge in [-0.25, -0.2) is 28.4 Å². The van der Waals surface area contributed by atoms with E-state index in [-0.39, 0.29) is 15.7 Å². The van der Waals surface area contributed by atoms with Crippen LogP contribution in [0.3, 0.4) is 0 Å². The van der Waals surface area contributed by atoms with Crippen LogP contribution < -0.4 is 11.3 Å². The molecule has 1 heterocycles. The highest BCUT2D eigenvalue weighted by Crippen LogP contribution is 2.30. The number of aromatic nitrogens is 1. The van der Waals surface area contributed by atoms with Crippen molar-refractivity contribution in [1.82, 2.24) is 4.98 Å². The molecule has 0 spiro atoms. The number of hydrazine groups is 1. The van der Waals surface area contributed by atoms with Gasteiger partial charge in [-0.05, 0) is 18.2 Å². The monoisotopic (exact) mass is 289 g/mol. The summed E-state index contributed by atoms with van der Waals surface area (Å²) in [5.74, 6) is 0.720. The van der Waals surface area contributed by atoms with Crippen molar-refractivity contribution in [3.63, 3.8) is 0 Å². The molecule has 3 N–H and O–H groups in total. The van der Waals surface area contributed by atoms with E-state index in [0.717, 1.165) is 23.9 Å². The van der Waals surface area contributed by atoms with Crippen molar-refractivity contribution in [2.24, 2.45) is 5.84 Å². The van der Waals surface area contributed by atoms with Crippen LogP contribution in [0, 0.1) is 23.3 Å². The molecule has 1 aromatic carbocycles. The van der Waals surface area contributed by atoms with E-state index in [2.05, 4.69) is 4.98 Å². The number of nitrogens with one attached hydrogen (secondary N) is 1. The van der Waals surface area contributed by atoms with Gasteiger partial charge in [0.2, 0.25) is 0 Å². The molecule has 0 saturated carbocycles. The highest BCUT2D eigenvalue weighted by molar-refractivity contribution is 7.99. The zero-order valence-electron chi connectivity index (χ0n) is 9.25. The Hall–Kier alpha value is -1.80. The lowest BCUT2D eigenvalue weighted by Gasteiger charge is -2.06. The predicted octanol–water partition coefficient (Wildman–Crippen LogP) is 3.07. The molecular formula is C11H7F4N3S. The molecule has 0 saturated heterocycles. The van der Waals surface area contributed by atoms with Gasteiger partial charge >= 0.3 is 0 Å². The quantitative estimate of drug-likeness (QED) is 0.518. The van der Waals surface area contributed by atoms with Crippen LogP contribution in [0.4, 0.5) is 23.4 Å². The Balaban J connectivity index is 2.34. The second kappa shape index (κ2) is 5.45. The van der Waals surface area contributed by atoms with Gasteiger partial charge in [-0.1, -0.05) is 11.8 Å². The van der Waals surface area contributed by atoms with Crippen LogP contribution in [-0.4, -0.2) is 4.98 Å². The molecule has 3 nitrogen and oxygen atoms in total. The second-order valence-electron chi connectivity index (χ2n) is 3.43. The molecule has 2 aromatic rings. The number of nitrogens with zero attached hydrogens (tertiary/aromatic N) is 1. The first kappa shape index (κ1) is 13.6. The van der Waals surface area contributed by atoms with Gasteiger partial charge in [0, 0.05) is 11.0 Å². The lowest BCUT2D eigenvalue weighted by atomic mass is 10.3. The minimum absolute atomic E-state index is 0.208. The first-order valence-corrected chi connectivity index (χ1v) is 5.78. The van der Waals surface area contributed by atoms with Crippen LogP contribution >= 0.6 is 11.8 Å². The average Bonchev–Trinajstić information content (AvgIpc) is 2.37. The summed E-state index contributed by atoms with van der Waals surface area (Å²) < 4.78 is 52.3. The summed E-state index contributed by atoms with van der Waals surface area (Å²) in [7, 11) is 0. The van der Waals surface area contributed by atoms with Crippen LogP contribution in [0.25, 0.3) is 0 Å². The molecule has 0 unspecified atom stereocenters. The summed E-state index contributed by atoms with van der Waals surface area (Å²) in [5.41, 5.74) is 1.97. The minimum atomic E-state index is -1.07. The van der Waals surface area contributed by atoms with Crippen LogP contribution in [0.15, 0.2) is 34.2 Å². The van der Waals surface area contributed by atoms with Gasteiger partial charge in [0.1, 0.15) is 5.03 Å². The molecule has 0 amide bonds. The highest BCUT2D eigenvalue weighted by Gasteiger charge is 2.13. The largest absolute Gasteiger partial charge is 0.306 e. The number of halogens is 4. The zero-order valence-corrected chi connectivity index (χ0v) is 10.1. The van der Waals surface area contributed by atoms with E-state index in [1.807, 2.05) is 5.43 Å². The average molecular weight is 289 g/mol. The number of pyridine rings is 1. The molecule has 0 aliphatic rings. The van der Waals surface area contributed by atoms with Crippen molar-refractivity contribution in [2.45, 2.75) is 9.92 Å². The SMILES string of the molecule is NNc1nc(Sc2ccc(F)c(F)c2)c(F)cc1F. The summed E-state index contributed by atoms with van der Waals surface area (Å²) in [6, 6.07) is 3.65. The molecular weight excluding hydrogens is 282 g/mol. The van der Waals surface area contributed by atoms with E-state index in [1.54, 1.807) is 0 Å². The molecule has 0 bridgehead atoms. The Morgan fingerprint density at radius 1 is 0.947 bits per heavy atom. The van der Waals surface area contributed by atoms with Crippen LogP contribution in [0.5, 0.6) is 0 Å². The third kappa shape index (κ3) is 2.96. The molecule has 19 heavy (non-hydrogen) atoms. The lowest BCUT2D eigenvalue weighted by Crippen LogP contribution is -2.11. The summed E-state index contributed by atoms with van der Waals surface area (Å²) in [6.07, 6.45) is 0. The first-order chi connectivity index (χ1) is 9.01. The molecule has 0 atom stereocenters. The van der Waals surface area contributed by atoms with Crippen molar-refractivity contribution in [3.8, 4) is 0 Å². The third-order valence-electron chi connectivity index (χ3n) is 2.14. The highest BCUT2D eigenvalue weighted by atomic mass is 32.2. The predicted molar refractivity (Wildman–Crippen MR) is 62.4 cm³/mol. The Bertz CT molecular complexity index is 621. The molecule has 0 aliphatic carbocycles. The molecule has 2 rings (SSSR count). The smallest absolute Gasteiger partial charge is 0.177 e. The maximum absolute atomic E-state index is 13.5. The van der Waals surface area contributed by atoms with Gasteiger partial charge in [-0.2, -0.15) is 0 Å². The Kier molecular flexibility index (Phi) is 3.91. The van der Waals surface area contributed by atoms with Gasteiger partial charge in [0.15, 0.2) is 29.1 Å². The maximum Gasteiger partial charge on any atom is 0.177 e. The molecule has 0 fully saturated rings. The first-order valence-electron chi connectivity index (χ1n) is 4.97. The van der Waals surface area contributed by atoms with Gasteiger partial charge in [-0.15, -0.1) is 0 Å². The Morgan fingerprint density at radius 3 is 2.32 bits per heavy atom. The topological polar surface area (TPSA) is 50.9 Å². The van der Waals surface area contributed by atoms with Crippen LogP contribution in [0.2, 0.25) is 0 Å². The zero-order chi connectivity index (χ0) is 14.0. The van der Waals surface area contributed by atoms with Crippen molar-refractivity contribution < 1.29 is 17.6 Å². The molecule has 100 valence electrons. The third-order valence-corrected chi connectivity index (χ3v) is 3.11. The number of nitrogen functional groups attached to an aromatic ring is 1.